The van der Waals surface area contributed by atoms with Crippen LogP contribution in [-0.2, 0) is 0 Å². The summed E-state index contributed by atoms with van der Waals surface area (Å²) in [6, 6.07) is 18.2. The second-order valence-corrected chi connectivity index (χ2v) is 3.44. The Hall–Kier alpha value is -2.02. The Kier molecular flexibility index (Phi) is 2.55. The standard InChI is InChI=1S/C14H13N/c1-11(15)13-9-5-6-10-14(13)12-7-3-2-4-8-12/h2-10H,1,15H2. The van der Waals surface area contributed by atoms with Gasteiger partial charge in [0.25, 0.3) is 0 Å². The van der Waals surface area contributed by atoms with E-state index in [2.05, 4.69) is 24.8 Å². The van der Waals surface area contributed by atoms with Gasteiger partial charge in [0.15, 0.2) is 0 Å². The second-order valence-electron chi connectivity index (χ2n) is 3.44. The average molecular weight is 195 g/mol. The smallest absolute Gasteiger partial charge is 0.0320 e. The maximum atomic E-state index is 5.76. The topological polar surface area (TPSA) is 26.0 Å². The van der Waals surface area contributed by atoms with E-state index < -0.39 is 0 Å². The molecular weight excluding hydrogens is 182 g/mol. The summed E-state index contributed by atoms with van der Waals surface area (Å²) in [5.74, 6) is 0. The Morgan fingerprint density at radius 2 is 1.47 bits per heavy atom. The summed E-state index contributed by atoms with van der Waals surface area (Å²) in [5, 5.41) is 0. The number of rotatable bonds is 2. The molecule has 2 rings (SSSR count). The first-order chi connectivity index (χ1) is 7.29. The van der Waals surface area contributed by atoms with E-state index in [4.69, 9.17) is 5.73 Å². The molecule has 0 unspecified atom stereocenters. The van der Waals surface area contributed by atoms with Crippen molar-refractivity contribution >= 4 is 5.70 Å². The van der Waals surface area contributed by atoms with Crippen molar-refractivity contribution < 1.29 is 0 Å². The molecule has 0 aliphatic heterocycles. The second kappa shape index (κ2) is 4.01. The summed E-state index contributed by atoms with van der Waals surface area (Å²) in [6.07, 6.45) is 0. The third-order valence-electron chi connectivity index (χ3n) is 2.36. The minimum Gasteiger partial charge on any atom is -0.399 e. The van der Waals surface area contributed by atoms with Gasteiger partial charge in [-0.25, -0.2) is 0 Å². The Morgan fingerprint density at radius 1 is 0.867 bits per heavy atom. The molecule has 15 heavy (non-hydrogen) atoms. The third kappa shape index (κ3) is 1.91. The van der Waals surface area contributed by atoms with Gasteiger partial charge in [-0.05, 0) is 11.1 Å². The van der Waals surface area contributed by atoms with Crippen LogP contribution in [0.15, 0.2) is 61.2 Å². The molecule has 0 heterocycles. The van der Waals surface area contributed by atoms with Crippen molar-refractivity contribution in [2.75, 3.05) is 0 Å². The monoisotopic (exact) mass is 195 g/mol. The van der Waals surface area contributed by atoms with Crippen LogP contribution in [0.25, 0.3) is 16.8 Å². The summed E-state index contributed by atoms with van der Waals surface area (Å²) < 4.78 is 0. The molecule has 1 nitrogen and oxygen atoms in total. The predicted octanol–water partition coefficient (Wildman–Crippen LogP) is 3.28. The lowest BCUT2D eigenvalue weighted by Gasteiger charge is -2.08. The molecule has 0 atom stereocenters. The van der Waals surface area contributed by atoms with Crippen LogP contribution in [-0.4, -0.2) is 0 Å². The first-order valence-corrected chi connectivity index (χ1v) is 4.88. The van der Waals surface area contributed by atoms with Crippen molar-refractivity contribution in [1.82, 2.24) is 0 Å². The molecule has 2 N–H and O–H groups in total. The van der Waals surface area contributed by atoms with Crippen molar-refractivity contribution in [3.8, 4) is 11.1 Å². The van der Waals surface area contributed by atoms with E-state index in [-0.39, 0.29) is 0 Å². The Bertz CT molecular complexity index is 472. The van der Waals surface area contributed by atoms with Crippen LogP contribution in [0.4, 0.5) is 0 Å². The van der Waals surface area contributed by atoms with E-state index in [0.717, 1.165) is 11.1 Å². The van der Waals surface area contributed by atoms with Crippen LogP contribution in [0.5, 0.6) is 0 Å². The highest BCUT2D eigenvalue weighted by Crippen LogP contribution is 2.25. The molecule has 0 aliphatic rings. The summed E-state index contributed by atoms with van der Waals surface area (Å²) >= 11 is 0. The van der Waals surface area contributed by atoms with Gasteiger partial charge in [0.2, 0.25) is 0 Å². The lowest BCUT2D eigenvalue weighted by Crippen LogP contribution is -1.96. The maximum Gasteiger partial charge on any atom is 0.0320 e. The van der Waals surface area contributed by atoms with Crippen LogP contribution in [0, 0.1) is 0 Å². The lowest BCUT2D eigenvalue weighted by atomic mass is 9.98. The quantitative estimate of drug-likeness (QED) is 0.781. The van der Waals surface area contributed by atoms with E-state index >= 15 is 0 Å². The zero-order valence-corrected chi connectivity index (χ0v) is 8.48. The van der Waals surface area contributed by atoms with Gasteiger partial charge in [0.05, 0.1) is 0 Å². The number of hydrogen-bond donors (Lipinski definition) is 1. The van der Waals surface area contributed by atoms with Gasteiger partial charge in [0, 0.05) is 11.3 Å². The van der Waals surface area contributed by atoms with E-state index in [9.17, 15) is 0 Å². The number of benzene rings is 2. The van der Waals surface area contributed by atoms with Crippen LogP contribution >= 0.6 is 0 Å². The third-order valence-corrected chi connectivity index (χ3v) is 2.36. The highest BCUT2D eigenvalue weighted by atomic mass is 14.6. The molecule has 1 heteroatoms. The first-order valence-electron chi connectivity index (χ1n) is 4.88. The van der Waals surface area contributed by atoms with Crippen molar-refractivity contribution in [3.05, 3.63) is 66.7 Å². The Labute approximate surface area is 89.9 Å². The molecule has 0 fully saturated rings. The summed E-state index contributed by atoms with van der Waals surface area (Å²) in [4.78, 5) is 0. The summed E-state index contributed by atoms with van der Waals surface area (Å²) in [6.45, 7) is 3.79. The molecule has 74 valence electrons. The van der Waals surface area contributed by atoms with Gasteiger partial charge < -0.3 is 5.73 Å². The fraction of sp³-hybridized carbons (Fsp3) is 0. The van der Waals surface area contributed by atoms with Crippen LogP contribution in [0.3, 0.4) is 0 Å². The SMILES string of the molecule is C=C(N)c1ccccc1-c1ccccc1. The highest BCUT2D eigenvalue weighted by molar-refractivity contribution is 5.79. The highest BCUT2D eigenvalue weighted by Gasteiger charge is 2.03. The molecule has 2 aromatic carbocycles. The molecule has 0 radical (unpaired) electrons. The van der Waals surface area contributed by atoms with Crippen LogP contribution in [0.1, 0.15) is 5.56 Å². The van der Waals surface area contributed by atoms with Gasteiger partial charge in [-0.3, -0.25) is 0 Å². The van der Waals surface area contributed by atoms with Gasteiger partial charge in [-0.2, -0.15) is 0 Å². The molecule has 0 saturated heterocycles. The van der Waals surface area contributed by atoms with E-state index in [1.54, 1.807) is 0 Å². The van der Waals surface area contributed by atoms with E-state index in [0.29, 0.717) is 5.70 Å². The minimum absolute atomic E-state index is 0.606. The fourth-order valence-corrected chi connectivity index (χ4v) is 1.63. The zero-order chi connectivity index (χ0) is 10.7. The molecule has 0 amide bonds. The fourth-order valence-electron chi connectivity index (χ4n) is 1.63. The zero-order valence-electron chi connectivity index (χ0n) is 8.48. The first kappa shape index (κ1) is 9.53. The molecule has 0 aromatic heterocycles. The van der Waals surface area contributed by atoms with Crippen LogP contribution < -0.4 is 5.73 Å². The van der Waals surface area contributed by atoms with Crippen molar-refractivity contribution in [3.63, 3.8) is 0 Å². The minimum atomic E-state index is 0.606. The largest absolute Gasteiger partial charge is 0.399 e. The molecule has 2 aromatic rings. The number of nitrogens with two attached hydrogens (primary N) is 1. The Balaban J connectivity index is 2.58. The van der Waals surface area contributed by atoms with Crippen LogP contribution in [0.2, 0.25) is 0 Å². The average Bonchev–Trinajstić information content (AvgIpc) is 2.30. The number of hydrogen-bond acceptors (Lipinski definition) is 1. The van der Waals surface area contributed by atoms with Gasteiger partial charge in [-0.1, -0.05) is 61.2 Å². The molecule has 0 saturated carbocycles. The molecule has 0 bridgehead atoms. The van der Waals surface area contributed by atoms with Gasteiger partial charge in [-0.15, -0.1) is 0 Å². The summed E-state index contributed by atoms with van der Waals surface area (Å²) in [5.41, 5.74) is 9.66. The maximum absolute atomic E-state index is 5.76. The molecule has 0 spiro atoms. The predicted molar refractivity (Wildman–Crippen MR) is 65.1 cm³/mol. The normalized spacial score (nSPS) is 9.87. The Morgan fingerprint density at radius 3 is 2.13 bits per heavy atom. The lowest BCUT2D eigenvalue weighted by molar-refractivity contribution is 1.51. The van der Waals surface area contributed by atoms with Gasteiger partial charge >= 0.3 is 0 Å². The van der Waals surface area contributed by atoms with Gasteiger partial charge in [0.1, 0.15) is 0 Å². The van der Waals surface area contributed by atoms with E-state index in [1.165, 1.54) is 5.56 Å². The molecular formula is C14H13N. The van der Waals surface area contributed by atoms with Crippen molar-refractivity contribution in [2.24, 2.45) is 5.73 Å². The molecule has 0 aliphatic carbocycles. The summed E-state index contributed by atoms with van der Waals surface area (Å²) in [7, 11) is 0. The van der Waals surface area contributed by atoms with Crippen molar-refractivity contribution in [2.45, 2.75) is 0 Å². The van der Waals surface area contributed by atoms with E-state index in [1.807, 2.05) is 36.4 Å². The van der Waals surface area contributed by atoms with Crippen molar-refractivity contribution in [1.29, 1.82) is 0 Å².